The molecule has 0 radical (unpaired) electrons. The SMILES string of the molecule is COCCCN1CCOc2ccc(CO[C@H]3CN(S(=O)(=O)c4ccc(C)cc4)[C@H](C[C@H](C)O)C[C@@H]3c3ccc(COCCOC)cc3)cc21. The lowest BCUT2D eigenvalue weighted by Gasteiger charge is -2.44. The first-order valence-corrected chi connectivity index (χ1v) is 18.7. The molecule has 1 N–H and O–H groups in total. The number of fused-ring (bicyclic) bond motifs is 1. The molecule has 2 heterocycles. The highest BCUT2D eigenvalue weighted by molar-refractivity contribution is 7.89. The fourth-order valence-corrected chi connectivity index (χ4v) is 8.38. The number of ether oxygens (including phenoxy) is 5. The van der Waals surface area contributed by atoms with Crippen molar-refractivity contribution in [2.75, 3.05) is 65.2 Å². The summed E-state index contributed by atoms with van der Waals surface area (Å²) < 4.78 is 58.7. The zero-order valence-electron chi connectivity index (χ0n) is 29.3. The number of sulfonamides is 1. The van der Waals surface area contributed by atoms with Gasteiger partial charge in [-0.3, -0.25) is 0 Å². The molecular weight excluding hydrogens is 644 g/mol. The second kappa shape index (κ2) is 17.8. The molecule has 3 aromatic carbocycles. The number of rotatable bonds is 17. The second-order valence-electron chi connectivity index (χ2n) is 13.1. The van der Waals surface area contributed by atoms with Crippen LogP contribution in [0.25, 0.3) is 0 Å². The van der Waals surface area contributed by atoms with Crippen LogP contribution in [-0.4, -0.2) is 96.4 Å². The largest absolute Gasteiger partial charge is 0.490 e. The van der Waals surface area contributed by atoms with Crippen LogP contribution in [0.4, 0.5) is 5.69 Å². The van der Waals surface area contributed by atoms with Gasteiger partial charge < -0.3 is 33.7 Å². The quantitative estimate of drug-likeness (QED) is 0.188. The van der Waals surface area contributed by atoms with Crippen molar-refractivity contribution in [3.63, 3.8) is 0 Å². The fourth-order valence-electron chi connectivity index (χ4n) is 6.72. The number of nitrogens with zero attached hydrogens (tertiary/aromatic N) is 2. The van der Waals surface area contributed by atoms with E-state index in [1.54, 1.807) is 37.6 Å². The summed E-state index contributed by atoms with van der Waals surface area (Å²) in [5.41, 5.74) is 5.12. The first-order chi connectivity index (χ1) is 23.7. The minimum Gasteiger partial charge on any atom is -0.490 e. The maximum atomic E-state index is 14.2. The summed E-state index contributed by atoms with van der Waals surface area (Å²) in [6.07, 6.45) is 0.644. The van der Waals surface area contributed by atoms with Crippen molar-refractivity contribution in [2.24, 2.45) is 0 Å². The van der Waals surface area contributed by atoms with E-state index in [4.69, 9.17) is 23.7 Å². The number of benzene rings is 3. The molecule has 0 unspecified atom stereocenters. The molecule has 2 aliphatic heterocycles. The van der Waals surface area contributed by atoms with Crippen LogP contribution in [0.15, 0.2) is 71.6 Å². The van der Waals surface area contributed by atoms with Crippen LogP contribution in [0.3, 0.4) is 0 Å². The Labute approximate surface area is 291 Å². The van der Waals surface area contributed by atoms with Crippen molar-refractivity contribution in [3.8, 4) is 5.75 Å². The molecule has 1 saturated heterocycles. The number of methoxy groups -OCH3 is 2. The minimum absolute atomic E-state index is 0.0943. The van der Waals surface area contributed by atoms with E-state index in [1.807, 2.05) is 31.2 Å². The molecule has 0 spiro atoms. The van der Waals surface area contributed by atoms with Gasteiger partial charge in [0.25, 0.3) is 0 Å². The van der Waals surface area contributed by atoms with Gasteiger partial charge in [0, 0.05) is 45.9 Å². The lowest BCUT2D eigenvalue weighted by molar-refractivity contribution is -0.0254. The van der Waals surface area contributed by atoms with Gasteiger partial charge in [0.05, 0.1) is 55.8 Å². The van der Waals surface area contributed by atoms with Gasteiger partial charge in [-0.25, -0.2) is 8.42 Å². The van der Waals surface area contributed by atoms with Crippen molar-refractivity contribution < 1.29 is 37.2 Å². The lowest BCUT2D eigenvalue weighted by atomic mass is 9.82. The molecule has 10 nitrogen and oxygen atoms in total. The predicted molar refractivity (Wildman–Crippen MR) is 190 cm³/mol. The Balaban J connectivity index is 1.42. The molecule has 0 saturated carbocycles. The standard InChI is InChI=1S/C38H52N2O8S/c1-28-6-13-34(14-7-28)49(42,43)40-25-38(48-27-31-10-15-37-36(23-31)39(17-19-47-37)16-5-18-44-3)35(24-33(40)22-29(2)41)32-11-8-30(9-12-32)26-46-21-20-45-4/h6-15,23,29,33,35,38,41H,5,16-22,24-27H2,1-4H3/t29-,33+,35+,38-/m0/s1. The molecule has 0 bridgehead atoms. The molecule has 268 valence electrons. The predicted octanol–water partition coefficient (Wildman–Crippen LogP) is 5.30. The minimum atomic E-state index is -3.87. The van der Waals surface area contributed by atoms with Gasteiger partial charge in [-0.05, 0) is 74.1 Å². The zero-order chi connectivity index (χ0) is 34.8. The molecule has 4 atom stereocenters. The van der Waals surface area contributed by atoms with Crippen molar-refractivity contribution in [2.45, 2.75) is 75.4 Å². The summed E-state index contributed by atoms with van der Waals surface area (Å²) in [6.45, 7) is 8.65. The Hall–Kier alpha value is -3.03. The average Bonchev–Trinajstić information content (AvgIpc) is 3.10. The van der Waals surface area contributed by atoms with Crippen LogP contribution in [-0.2, 0) is 42.2 Å². The Morgan fingerprint density at radius 1 is 0.939 bits per heavy atom. The average molecular weight is 697 g/mol. The van der Waals surface area contributed by atoms with E-state index in [9.17, 15) is 13.5 Å². The van der Waals surface area contributed by atoms with Gasteiger partial charge in [-0.2, -0.15) is 4.31 Å². The van der Waals surface area contributed by atoms with Crippen molar-refractivity contribution >= 4 is 15.7 Å². The van der Waals surface area contributed by atoms with Crippen LogP contribution in [0.1, 0.15) is 54.4 Å². The zero-order valence-corrected chi connectivity index (χ0v) is 30.1. The summed E-state index contributed by atoms with van der Waals surface area (Å²) in [5, 5.41) is 10.5. The van der Waals surface area contributed by atoms with Gasteiger partial charge in [-0.15, -0.1) is 0 Å². The molecular formula is C38H52N2O8S. The van der Waals surface area contributed by atoms with Crippen LogP contribution in [0, 0.1) is 6.92 Å². The third-order valence-electron chi connectivity index (χ3n) is 9.31. The number of piperidine rings is 1. The second-order valence-corrected chi connectivity index (χ2v) is 15.0. The lowest BCUT2D eigenvalue weighted by Crippen LogP contribution is -2.53. The van der Waals surface area contributed by atoms with Crippen LogP contribution in [0.5, 0.6) is 5.75 Å². The molecule has 11 heteroatoms. The van der Waals surface area contributed by atoms with E-state index < -0.39 is 28.3 Å². The van der Waals surface area contributed by atoms with Gasteiger partial charge >= 0.3 is 0 Å². The number of anilines is 1. The number of aliphatic hydroxyl groups is 1. The van der Waals surface area contributed by atoms with E-state index in [1.165, 1.54) is 0 Å². The Kier molecular flexibility index (Phi) is 13.5. The first-order valence-electron chi connectivity index (χ1n) is 17.2. The first kappa shape index (κ1) is 37.2. The maximum absolute atomic E-state index is 14.2. The van der Waals surface area contributed by atoms with Crippen LogP contribution in [0.2, 0.25) is 0 Å². The number of aliphatic hydroxyl groups excluding tert-OH is 1. The number of hydrogen-bond acceptors (Lipinski definition) is 9. The molecule has 49 heavy (non-hydrogen) atoms. The van der Waals surface area contributed by atoms with E-state index >= 15 is 0 Å². The van der Waals surface area contributed by atoms with Gasteiger partial charge in [0.15, 0.2) is 0 Å². The monoisotopic (exact) mass is 696 g/mol. The molecule has 0 aliphatic carbocycles. The summed E-state index contributed by atoms with van der Waals surface area (Å²) in [7, 11) is -0.498. The summed E-state index contributed by atoms with van der Waals surface area (Å²) in [4.78, 5) is 2.56. The Morgan fingerprint density at radius 2 is 1.67 bits per heavy atom. The Morgan fingerprint density at radius 3 is 2.39 bits per heavy atom. The Bertz CT molecular complexity index is 1570. The summed E-state index contributed by atoms with van der Waals surface area (Å²) in [5.74, 6) is 0.758. The van der Waals surface area contributed by atoms with Gasteiger partial charge in [-0.1, -0.05) is 48.0 Å². The van der Waals surface area contributed by atoms with E-state index in [-0.39, 0.29) is 17.4 Å². The molecule has 1 fully saturated rings. The van der Waals surface area contributed by atoms with Crippen LogP contribution < -0.4 is 9.64 Å². The molecule has 0 aromatic heterocycles. The van der Waals surface area contributed by atoms with Crippen molar-refractivity contribution in [1.29, 1.82) is 0 Å². The van der Waals surface area contributed by atoms with Gasteiger partial charge in [0.2, 0.25) is 10.0 Å². The third-order valence-corrected chi connectivity index (χ3v) is 11.2. The third kappa shape index (κ3) is 9.82. The van der Waals surface area contributed by atoms with Crippen molar-refractivity contribution in [3.05, 3.63) is 89.0 Å². The van der Waals surface area contributed by atoms with Crippen molar-refractivity contribution in [1.82, 2.24) is 4.31 Å². The molecule has 2 aliphatic rings. The molecule has 3 aromatic rings. The van der Waals surface area contributed by atoms with Gasteiger partial charge in [0.1, 0.15) is 12.4 Å². The van der Waals surface area contributed by atoms with E-state index in [0.717, 1.165) is 53.2 Å². The highest BCUT2D eigenvalue weighted by Crippen LogP contribution is 2.39. The number of hydrogen-bond donors (Lipinski definition) is 1. The summed E-state index contributed by atoms with van der Waals surface area (Å²) >= 11 is 0. The maximum Gasteiger partial charge on any atom is 0.243 e. The van der Waals surface area contributed by atoms with E-state index in [0.29, 0.717) is 52.5 Å². The topological polar surface area (TPSA) is 107 Å². The molecule has 0 amide bonds. The fraction of sp³-hybridized carbons (Fsp3) is 0.526. The van der Waals surface area contributed by atoms with Crippen LogP contribution >= 0.6 is 0 Å². The highest BCUT2D eigenvalue weighted by Gasteiger charge is 2.43. The highest BCUT2D eigenvalue weighted by atomic mass is 32.2. The van der Waals surface area contributed by atoms with E-state index in [2.05, 4.69) is 35.2 Å². The smallest absolute Gasteiger partial charge is 0.243 e. The normalized spacial score (nSPS) is 20.5. The summed E-state index contributed by atoms with van der Waals surface area (Å²) in [6, 6.07) is 21.0. The number of aryl methyl sites for hydroxylation is 1. The molecule has 5 rings (SSSR count).